The van der Waals surface area contributed by atoms with Crippen molar-refractivity contribution in [3.8, 4) is 0 Å². The van der Waals surface area contributed by atoms with Crippen LogP contribution in [0.1, 0.15) is 58.3 Å². The molecular weight excluding hydrogens is 250 g/mol. The number of unbranched alkanes of at least 4 members (excludes halogenated alkanes) is 7. The molecule has 0 amide bonds. The molecule has 2 aromatic heterocycles. The van der Waals surface area contributed by atoms with Crippen LogP contribution in [0.4, 0.5) is 5.82 Å². The van der Waals surface area contributed by atoms with Crippen molar-refractivity contribution >= 4 is 16.9 Å². The van der Waals surface area contributed by atoms with Crippen LogP contribution in [-0.2, 0) is 6.54 Å². The highest BCUT2D eigenvalue weighted by Gasteiger charge is 2.06. The molecule has 5 heteroatoms. The summed E-state index contributed by atoms with van der Waals surface area (Å²) in [4.78, 5) is 8.24. The Bertz CT molecular complexity index is 520. The molecule has 0 saturated carbocycles. The second kappa shape index (κ2) is 7.82. The zero-order chi connectivity index (χ0) is 14.2. The lowest BCUT2D eigenvalue weighted by Crippen LogP contribution is -2.02. The lowest BCUT2D eigenvalue weighted by atomic mass is 10.1. The lowest BCUT2D eigenvalue weighted by Gasteiger charge is -2.03. The van der Waals surface area contributed by atoms with Gasteiger partial charge in [0.05, 0.1) is 11.6 Å². The van der Waals surface area contributed by atoms with E-state index in [1.54, 1.807) is 6.20 Å². The largest absolute Gasteiger partial charge is 0.383 e. The molecule has 2 aromatic rings. The normalized spacial score (nSPS) is 11.2. The van der Waals surface area contributed by atoms with E-state index in [4.69, 9.17) is 5.73 Å². The van der Waals surface area contributed by atoms with Gasteiger partial charge in [-0.15, -0.1) is 0 Å². The molecule has 20 heavy (non-hydrogen) atoms. The standard InChI is InChI=1S/C15H25N5/c1-2-3-4-5-6-7-8-9-10-20-15-13(11-19-20)14(16)17-12-18-15/h11-12H,2-10H2,1H3,(H2,16,17,18). The maximum absolute atomic E-state index is 5.80. The molecule has 0 aliphatic rings. The van der Waals surface area contributed by atoms with Gasteiger partial charge in [0.1, 0.15) is 12.1 Å². The minimum atomic E-state index is 0.511. The molecule has 0 saturated heterocycles. The van der Waals surface area contributed by atoms with E-state index in [0.29, 0.717) is 5.82 Å². The Hall–Kier alpha value is -1.65. The summed E-state index contributed by atoms with van der Waals surface area (Å²) in [5.74, 6) is 0.511. The molecule has 0 unspecified atom stereocenters. The van der Waals surface area contributed by atoms with E-state index in [1.165, 1.54) is 51.3 Å². The highest BCUT2D eigenvalue weighted by atomic mass is 15.3. The molecule has 110 valence electrons. The molecule has 0 atom stereocenters. The van der Waals surface area contributed by atoms with Crippen LogP contribution in [0.3, 0.4) is 0 Å². The first-order valence-electron chi connectivity index (χ1n) is 7.75. The molecule has 5 nitrogen and oxygen atoms in total. The van der Waals surface area contributed by atoms with Crippen molar-refractivity contribution in [2.24, 2.45) is 0 Å². The lowest BCUT2D eigenvalue weighted by molar-refractivity contribution is 0.526. The summed E-state index contributed by atoms with van der Waals surface area (Å²) in [5.41, 5.74) is 6.65. The van der Waals surface area contributed by atoms with E-state index in [1.807, 2.05) is 4.68 Å². The number of aryl methyl sites for hydroxylation is 1. The van der Waals surface area contributed by atoms with Gasteiger partial charge in [0, 0.05) is 6.54 Å². The quantitative estimate of drug-likeness (QED) is 0.710. The van der Waals surface area contributed by atoms with Gasteiger partial charge in [0.25, 0.3) is 0 Å². The number of rotatable bonds is 9. The summed E-state index contributed by atoms with van der Waals surface area (Å²) in [7, 11) is 0. The number of nitrogens with two attached hydrogens (primary N) is 1. The van der Waals surface area contributed by atoms with Crippen molar-refractivity contribution in [1.29, 1.82) is 0 Å². The monoisotopic (exact) mass is 275 g/mol. The summed E-state index contributed by atoms with van der Waals surface area (Å²) in [6, 6.07) is 0. The Morgan fingerprint density at radius 3 is 2.45 bits per heavy atom. The zero-order valence-electron chi connectivity index (χ0n) is 12.4. The number of nitrogen functional groups attached to an aromatic ring is 1. The van der Waals surface area contributed by atoms with E-state index >= 15 is 0 Å². The molecule has 2 heterocycles. The van der Waals surface area contributed by atoms with Gasteiger partial charge in [0.15, 0.2) is 5.65 Å². The minimum absolute atomic E-state index is 0.511. The second-order valence-corrected chi connectivity index (χ2v) is 5.34. The number of fused-ring (bicyclic) bond motifs is 1. The van der Waals surface area contributed by atoms with Gasteiger partial charge in [0.2, 0.25) is 0 Å². The van der Waals surface area contributed by atoms with Crippen LogP contribution in [0.15, 0.2) is 12.5 Å². The fraction of sp³-hybridized carbons (Fsp3) is 0.667. The highest BCUT2D eigenvalue weighted by Crippen LogP contribution is 2.16. The number of hydrogen-bond acceptors (Lipinski definition) is 4. The van der Waals surface area contributed by atoms with Gasteiger partial charge in [-0.1, -0.05) is 51.9 Å². The predicted molar refractivity (Wildman–Crippen MR) is 82.3 cm³/mol. The first-order chi connectivity index (χ1) is 9.83. The van der Waals surface area contributed by atoms with Crippen LogP contribution in [0.5, 0.6) is 0 Å². The summed E-state index contributed by atoms with van der Waals surface area (Å²) >= 11 is 0. The van der Waals surface area contributed by atoms with Crippen molar-refractivity contribution in [2.45, 2.75) is 64.8 Å². The smallest absolute Gasteiger partial charge is 0.163 e. The van der Waals surface area contributed by atoms with Crippen LogP contribution in [-0.4, -0.2) is 19.7 Å². The topological polar surface area (TPSA) is 69.6 Å². The third-order valence-corrected chi connectivity index (χ3v) is 3.69. The Morgan fingerprint density at radius 1 is 1.00 bits per heavy atom. The Labute approximate surface area is 120 Å². The molecule has 2 rings (SSSR count). The molecule has 0 bridgehead atoms. The summed E-state index contributed by atoms with van der Waals surface area (Å²) in [5, 5.41) is 5.20. The van der Waals surface area contributed by atoms with Gasteiger partial charge >= 0.3 is 0 Å². The van der Waals surface area contributed by atoms with Crippen molar-refractivity contribution in [1.82, 2.24) is 19.7 Å². The third-order valence-electron chi connectivity index (χ3n) is 3.69. The zero-order valence-corrected chi connectivity index (χ0v) is 12.4. The van der Waals surface area contributed by atoms with Crippen molar-refractivity contribution < 1.29 is 0 Å². The van der Waals surface area contributed by atoms with Gasteiger partial charge in [-0.25, -0.2) is 14.6 Å². The van der Waals surface area contributed by atoms with Gasteiger partial charge in [-0.3, -0.25) is 0 Å². The fourth-order valence-corrected chi connectivity index (χ4v) is 2.47. The number of nitrogens with zero attached hydrogens (tertiary/aromatic N) is 4. The van der Waals surface area contributed by atoms with Crippen LogP contribution in [0.25, 0.3) is 11.0 Å². The van der Waals surface area contributed by atoms with Crippen LogP contribution < -0.4 is 5.73 Å². The maximum atomic E-state index is 5.80. The van der Waals surface area contributed by atoms with E-state index in [-0.39, 0.29) is 0 Å². The summed E-state index contributed by atoms with van der Waals surface area (Å²) in [6.07, 6.45) is 13.8. The average Bonchev–Trinajstić information content (AvgIpc) is 2.87. The maximum Gasteiger partial charge on any atom is 0.163 e. The van der Waals surface area contributed by atoms with Crippen molar-refractivity contribution in [3.63, 3.8) is 0 Å². The van der Waals surface area contributed by atoms with Crippen LogP contribution >= 0.6 is 0 Å². The molecule has 0 radical (unpaired) electrons. The number of hydrogen-bond donors (Lipinski definition) is 1. The molecule has 0 aromatic carbocycles. The SMILES string of the molecule is CCCCCCCCCCn1ncc2c(N)ncnc21. The van der Waals surface area contributed by atoms with E-state index < -0.39 is 0 Å². The number of anilines is 1. The average molecular weight is 275 g/mol. The Balaban J connectivity index is 1.70. The second-order valence-electron chi connectivity index (χ2n) is 5.34. The van der Waals surface area contributed by atoms with Gasteiger partial charge in [-0.05, 0) is 6.42 Å². The summed E-state index contributed by atoms with van der Waals surface area (Å²) < 4.78 is 1.93. The molecular formula is C15H25N5. The third kappa shape index (κ3) is 3.92. The fourth-order valence-electron chi connectivity index (χ4n) is 2.47. The van der Waals surface area contributed by atoms with Crippen LogP contribution in [0.2, 0.25) is 0 Å². The van der Waals surface area contributed by atoms with E-state index in [2.05, 4.69) is 22.0 Å². The molecule has 0 aliphatic carbocycles. The van der Waals surface area contributed by atoms with Gasteiger partial charge < -0.3 is 5.73 Å². The molecule has 0 aliphatic heterocycles. The van der Waals surface area contributed by atoms with Gasteiger partial charge in [-0.2, -0.15) is 5.10 Å². The first kappa shape index (κ1) is 14.8. The number of aromatic nitrogens is 4. The van der Waals surface area contributed by atoms with Crippen molar-refractivity contribution in [3.05, 3.63) is 12.5 Å². The summed E-state index contributed by atoms with van der Waals surface area (Å²) in [6.45, 7) is 3.17. The molecule has 0 fully saturated rings. The molecule has 2 N–H and O–H groups in total. The van der Waals surface area contributed by atoms with Crippen LogP contribution in [0, 0.1) is 0 Å². The predicted octanol–water partition coefficient (Wildman–Crippen LogP) is 3.55. The Morgan fingerprint density at radius 2 is 1.70 bits per heavy atom. The molecule has 0 spiro atoms. The Kier molecular flexibility index (Phi) is 5.77. The van der Waals surface area contributed by atoms with E-state index in [0.717, 1.165) is 24.0 Å². The van der Waals surface area contributed by atoms with E-state index in [9.17, 15) is 0 Å². The highest BCUT2D eigenvalue weighted by molar-refractivity contribution is 5.84. The first-order valence-corrected chi connectivity index (χ1v) is 7.75. The minimum Gasteiger partial charge on any atom is -0.383 e. The van der Waals surface area contributed by atoms with Crippen molar-refractivity contribution in [2.75, 3.05) is 5.73 Å².